The normalized spacial score (nSPS) is 10.1. The first-order valence-corrected chi connectivity index (χ1v) is 6.90. The molecule has 0 saturated heterocycles. The third kappa shape index (κ3) is 4.37. The second kappa shape index (κ2) is 7.31. The van der Waals surface area contributed by atoms with Gasteiger partial charge >= 0.3 is 6.09 Å². The lowest BCUT2D eigenvalue weighted by molar-refractivity contribution is 0.168. The molecule has 0 aliphatic rings. The largest absolute Gasteiger partial charge is 0.450 e. The zero-order chi connectivity index (χ0) is 15.9. The van der Waals surface area contributed by atoms with Crippen LogP contribution < -0.4 is 16.4 Å². The van der Waals surface area contributed by atoms with Crippen LogP contribution in [0, 0.1) is 5.82 Å². The van der Waals surface area contributed by atoms with Crippen molar-refractivity contribution in [3.63, 3.8) is 0 Å². The van der Waals surface area contributed by atoms with Crippen molar-refractivity contribution in [2.75, 3.05) is 23.0 Å². The van der Waals surface area contributed by atoms with Gasteiger partial charge in [-0.15, -0.1) is 0 Å². The molecule has 0 unspecified atom stereocenters. The molecule has 0 aliphatic carbocycles. The fourth-order valence-electron chi connectivity index (χ4n) is 1.88. The number of ether oxygens (including phenoxy) is 1. The summed E-state index contributed by atoms with van der Waals surface area (Å²) in [6.45, 7) is 2.56. The Kier molecular flexibility index (Phi) is 5.19. The smallest absolute Gasteiger partial charge is 0.411 e. The van der Waals surface area contributed by atoms with E-state index in [0.717, 1.165) is 11.3 Å². The second-order valence-electron chi connectivity index (χ2n) is 4.63. The van der Waals surface area contributed by atoms with Crippen LogP contribution in [0.15, 0.2) is 42.5 Å². The van der Waals surface area contributed by atoms with E-state index in [9.17, 15) is 9.18 Å². The van der Waals surface area contributed by atoms with Crippen LogP contribution in [0.5, 0.6) is 0 Å². The van der Waals surface area contributed by atoms with Crippen LogP contribution in [0.2, 0.25) is 0 Å². The van der Waals surface area contributed by atoms with E-state index in [1.807, 2.05) is 6.07 Å². The second-order valence-corrected chi connectivity index (χ2v) is 4.63. The third-order valence-electron chi connectivity index (χ3n) is 2.97. The summed E-state index contributed by atoms with van der Waals surface area (Å²) in [6.07, 6.45) is -0.536. The zero-order valence-corrected chi connectivity index (χ0v) is 12.2. The zero-order valence-electron chi connectivity index (χ0n) is 12.2. The lowest BCUT2D eigenvalue weighted by Gasteiger charge is -2.11. The Labute approximate surface area is 128 Å². The minimum absolute atomic E-state index is 0.274. The lowest BCUT2D eigenvalue weighted by atomic mass is 10.1. The summed E-state index contributed by atoms with van der Waals surface area (Å²) in [5.74, 6) is -0.274. The highest BCUT2D eigenvalue weighted by Crippen LogP contribution is 2.21. The van der Waals surface area contributed by atoms with E-state index >= 15 is 0 Å². The van der Waals surface area contributed by atoms with E-state index in [1.54, 1.807) is 31.2 Å². The van der Waals surface area contributed by atoms with Gasteiger partial charge in [-0.1, -0.05) is 6.07 Å². The number of hydrogen-bond donors (Lipinski definition) is 3. The number of carbonyl (C=O) groups excluding carboxylic acids is 1. The quantitative estimate of drug-likeness (QED) is 0.738. The van der Waals surface area contributed by atoms with E-state index < -0.39 is 6.09 Å². The van der Waals surface area contributed by atoms with Crippen molar-refractivity contribution in [1.29, 1.82) is 0 Å². The predicted molar refractivity (Wildman–Crippen MR) is 85.2 cm³/mol. The summed E-state index contributed by atoms with van der Waals surface area (Å²) in [7, 11) is 0. The fourth-order valence-corrected chi connectivity index (χ4v) is 1.88. The number of carbonyl (C=O) groups is 1. The molecular formula is C16H18FN3O2. The van der Waals surface area contributed by atoms with Gasteiger partial charge in [0.1, 0.15) is 5.82 Å². The predicted octanol–water partition coefficient (Wildman–Crippen LogP) is 3.59. The van der Waals surface area contributed by atoms with Crippen LogP contribution in [0.1, 0.15) is 12.5 Å². The monoisotopic (exact) mass is 303 g/mol. The summed E-state index contributed by atoms with van der Waals surface area (Å²) in [4.78, 5) is 11.4. The first-order chi connectivity index (χ1) is 10.6. The molecule has 0 bridgehead atoms. The van der Waals surface area contributed by atoms with E-state index in [1.165, 1.54) is 12.1 Å². The number of hydrogen-bond acceptors (Lipinski definition) is 4. The topological polar surface area (TPSA) is 76.4 Å². The number of amides is 1. The summed E-state index contributed by atoms with van der Waals surface area (Å²) < 4.78 is 17.6. The van der Waals surface area contributed by atoms with E-state index in [0.29, 0.717) is 24.5 Å². The van der Waals surface area contributed by atoms with Crippen LogP contribution in [0.4, 0.5) is 26.2 Å². The van der Waals surface area contributed by atoms with E-state index in [4.69, 9.17) is 10.5 Å². The Balaban J connectivity index is 1.97. The highest BCUT2D eigenvalue weighted by molar-refractivity contribution is 5.88. The maximum atomic E-state index is 12.8. The summed E-state index contributed by atoms with van der Waals surface area (Å²) in [5.41, 5.74) is 8.62. The maximum absolute atomic E-state index is 12.8. The van der Waals surface area contributed by atoms with Gasteiger partial charge in [0.05, 0.1) is 18.0 Å². The highest BCUT2D eigenvalue weighted by atomic mass is 19.1. The van der Waals surface area contributed by atoms with Crippen molar-refractivity contribution in [3.05, 3.63) is 53.8 Å². The first kappa shape index (κ1) is 15.6. The molecule has 116 valence electrons. The fraction of sp³-hybridized carbons (Fsp3) is 0.188. The Morgan fingerprint density at radius 2 is 1.95 bits per heavy atom. The van der Waals surface area contributed by atoms with Crippen molar-refractivity contribution >= 4 is 23.2 Å². The molecule has 5 nitrogen and oxygen atoms in total. The Morgan fingerprint density at radius 3 is 2.59 bits per heavy atom. The lowest BCUT2D eigenvalue weighted by Crippen LogP contribution is -2.14. The molecule has 0 radical (unpaired) electrons. The highest BCUT2D eigenvalue weighted by Gasteiger charge is 2.06. The molecule has 0 fully saturated rings. The van der Waals surface area contributed by atoms with Gasteiger partial charge in [0.2, 0.25) is 0 Å². The molecule has 0 aromatic heterocycles. The third-order valence-corrected chi connectivity index (χ3v) is 2.97. The molecule has 0 aliphatic heterocycles. The molecule has 6 heteroatoms. The van der Waals surface area contributed by atoms with Gasteiger partial charge in [0, 0.05) is 12.2 Å². The van der Waals surface area contributed by atoms with Crippen LogP contribution in [0.25, 0.3) is 0 Å². The minimum Gasteiger partial charge on any atom is -0.450 e. The number of benzene rings is 2. The summed E-state index contributed by atoms with van der Waals surface area (Å²) >= 11 is 0. The molecule has 0 heterocycles. The van der Waals surface area contributed by atoms with Gasteiger partial charge in [0.15, 0.2) is 0 Å². The number of nitrogen functional groups attached to an aromatic ring is 1. The van der Waals surface area contributed by atoms with Gasteiger partial charge < -0.3 is 15.8 Å². The maximum Gasteiger partial charge on any atom is 0.411 e. The van der Waals surface area contributed by atoms with Gasteiger partial charge in [0.25, 0.3) is 0 Å². The first-order valence-electron chi connectivity index (χ1n) is 6.90. The number of anilines is 3. The molecule has 0 atom stereocenters. The van der Waals surface area contributed by atoms with Gasteiger partial charge in [-0.3, -0.25) is 5.32 Å². The average Bonchev–Trinajstić information content (AvgIpc) is 2.49. The van der Waals surface area contributed by atoms with Crippen LogP contribution >= 0.6 is 0 Å². The minimum atomic E-state index is -0.536. The summed E-state index contributed by atoms with van der Waals surface area (Å²) in [6, 6.07) is 11.4. The van der Waals surface area contributed by atoms with Crippen LogP contribution in [0.3, 0.4) is 0 Å². The number of nitrogens with two attached hydrogens (primary N) is 1. The number of rotatable bonds is 5. The average molecular weight is 303 g/mol. The van der Waals surface area contributed by atoms with Crippen LogP contribution in [-0.4, -0.2) is 12.7 Å². The molecule has 0 spiro atoms. The Bertz CT molecular complexity index is 644. The molecule has 2 rings (SSSR count). The standard InChI is InChI=1S/C16H18FN3O2/c1-2-22-16(21)20-15-8-3-11(9-14(15)18)10-19-13-6-4-12(17)5-7-13/h3-9,19H,2,10,18H2,1H3,(H,20,21). The van der Waals surface area contributed by atoms with Gasteiger partial charge in [-0.2, -0.15) is 0 Å². The van der Waals surface area contributed by atoms with Gasteiger partial charge in [-0.25, -0.2) is 9.18 Å². The molecule has 2 aromatic rings. The molecule has 2 aromatic carbocycles. The number of nitrogens with one attached hydrogen (secondary N) is 2. The molecule has 1 amide bonds. The van der Waals surface area contributed by atoms with Crippen molar-refractivity contribution in [2.45, 2.75) is 13.5 Å². The Hall–Kier alpha value is -2.76. The summed E-state index contributed by atoms with van der Waals surface area (Å²) in [5, 5.41) is 5.73. The SMILES string of the molecule is CCOC(=O)Nc1ccc(CNc2ccc(F)cc2)cc1N. The van der Waals surface area contributed by atoms with Crippen LogP contribution in [-0.2, 0) is 11.3 Å². The van der Waals surface area contributed by atoms with E-state index in [2.05, 4.69) is 10.6 Å². The van der Waals surface area contributed by atoms with Crippen molar-refractivity contribution in [3.8, 4) is 0 Å². The number of halogens is 1. The molecule has 0 saturated carbocycles. The van der Waals surface area contributed by atoms with Crippen molar-refractivity contribution in [1.82, 2.24) is 0 Å². The van der Waals surface area contributed by atoms with Crippen molar-refractivity contribution in [2.24, 2.45) is 0 Å². The van der Waals surface area contributed by atoms with Gasteiger partial charge in [-0.05, 0) is 48.9 Å². The van der Waals surface area contributed by atoms with Crippen molar-refractivity contribution < 1.29 is 13.9 Å². The Morgan fingerprint density at radius 1 is 1.23 bits per heavy atom. The molecule has 4 N–H and O–H groups in total. The molecular weight excluding hydrogens is 285 g/mol. The molecule has 22 heavy (non-hydrogen) atoms. The van der Waals surface area contributed by atoms with E-state index in [-0.39, 0.29) is 5.82 Å².